The molecule has 0 aliphatic carbocycles. The van der Waals surface area contributed by atoms with Crippen molar-refractivity contribution in [3.8, 4) is 0 Å². The van der Waals surface area contributed by atoms with Crippen molar-refractivity contribution in [3.63, 3.8) is 0 Å². The maximum atomic E-state index is 13.7. The number of ether oxygens (including phenoxy) is 2. The second kappa shape index (κ2) is 11.6. The third-order valence-electron chi connectivity index (χ3n) is 6.26. The quantitative estimate of drug-likeness (QED) is 0.398. The first-order valence-electron chi connectivity index (χ1n) is 12.1. The number of benzene rings is 2. The Labute approximate surface area is 207 Å². The van der Waals surface area contributed by atoms with Gasteiger partial charge in [-0.15, -0.1) is 0 Å². The molecule has 0 spiro atoms. The lowest BCUT2D eigenvalue weighted by Crippen LogP contribution is -2.39. The second-order valence-electron chi connectivity index (χ2n) is 9.78. The Morgan fingerprint density at radius 3 is 2.31 bits per heavy atom. The third kappa shape index (κ3) is 6.16. The van der Waals surface area contributed by atoms with Gasteiger partial charge in [-0.3, -0.25) is 14.2 Å². The normalized spacial score (nSPS) is 12.6. The van der Waals surface area contributed by atoms with E-state index in [2.05, 4.69) is 20.8 Å². The molecule has 35 heavy (non-hydrogen) atoms. The van der Waals surface area contributed by atoms with E-state index in [4.69, 9.17) is 14.5 Å². The minimum atomic E-state index is -0.434. The summed E-state index contributed by atoms with van der Waals surface area (Å²) < 4.78 is 12.1. The van der Waals surface area contributed by atoms with Crippen LogP contribution in [0.2, 0.25) is 0 Å². The van der Waals surface area contributed by atoms with Gasteiger partial charge in [0.2, 0.25) is 0 Å². The zero-order valence-electron chi connectivity index (χ0n) is 21.7. The summed E-state index contributed by atoms with van der Waals surface area (Å²) in [6.45, 7) is 10.1. The van der Waals surface area contributed by atoms with Crippen molar-refractivity contribution in [1.29, 1.82) is 0 Å². The summed E-state index contributed by atoms with van der Waals surface area (Å²) in [5, 5.41) is 0.551. The molecule has 7 heteroatoms. The number of carbonyl (C=O) groups excluding carboxylic acids is 1. The summed E-state index contributed by atoms with van der Waals surface area (Å²) in [6, 6.07) is 14.6. The van der Waals surface area contributed by atoms with E-state index in [1.807, 2.05) is 49.4 Å². The highest BCUT2D eigenvalue weighted by atomic mass is 16.5. The number of hydrogen-bond acceptors (Lipinski definition) is 5. The van der Waals surface area contributed by atoms with E-state index < -0.39 is 6.04 Å². The minimum absolute atomic E-state index is 0.000543. The van der Waals surface area contributed by atoms with Crippen LogP contribution in [0.3, 0.4) is 0 Å². The van der Waals surface area contributed by atoms with E-state index in [0.717, 1.165) is 5.56 Å². The molecule has 7 nitrogen and oxygen atoms in total. The molecule has 3 aromatic rings. The highest BCUT2D eigenvalue weighted by Crippen LogP contribution is 2.25. The molecule has 3 rings (SSSR count). The average molecular weight is 480 g/mol. The van der Waals surface area contributed by atoms with E-state index in [1.54, 1.807) is 29.8 Å². The lowest BCUT2D eigenvalue weighted by Gasteiger charge is -2.31. The van der Waals surface area contributed by atoms with Crippen LogP contribution in [0, 0.1) is 0 Å². The first-order valence-corrected chi connectivity index (χ1v) is 12.1. The van der Waals surface area contributed by atoms with E-state index in [-0.39, 0.29) is 16.9 Å². The summed E-state index contributed by atoms with van der Waals surface area (Å²) in [5.41, 5.74) is 2.26. The van der Waals surface area contributed by atoms with Crippen LogP contribution in [0.4, 0.5) is 0 Å². The summed E-state index contributed by atoms with van der Waals surface area (Å²) >= 11 is 0. The number of rotatable bonds is 10. The predicted molar refractivity (Wildman–Crippen MR) is 139 cm³/mol. The molecule has 1 aromatic heterocycles. The number of para-hydroxylation sites is 1. The Morgan fingerprint density at radius 2 is 1.69 bits per heavy atom. The van der Waals surface area contributed by atoms with Crippen LogP contribution in [0.25, 0.3) is 10.9 Å². The third-order valence-corrected chi connectivity index (χ3v) is 6.26. The molecule has 1 amide bonds. The molecule has 0 fully saturated rings. The van der Waals surface area contributed by atoms with Gasteiger partial charge < -0.3 is 14.4 Å². The molecule has 0 aliphatic rings. The topological polar surface area (TPSA) is 73.7 Å². The average Bonchev–Trinajstić information content (AvgIpc) is 2.85. The van der Waals surface area contributed by atoms with Gasteiger partial charge in [0, 0.05) is 32.9 Å². The maximum Gasteiger partial charge on any atom is 0.261 e. The summed E-state index contributed by atoms with van der Waals surface area (Å²) in [6.07, 6.45) is 0.669. The van der Waals surface area contributed by atoms with E-state index >= 15 is 0 Å². The standard InChI is InChI=1S/C28H37N3O4/c1-20(25-29-24-11-8-7-10-23(24)27(33)31(25)17-19-35-6)30(16-9-18-34-5)26(32)21-12-14-22(15-13-21)28(2,3)4/h7-8,10-15,20H,9,16-19H2,1-6H3. The zero-order valence-corrected chi connectivity index (χ0v) is 21.7. The van der Waals surface area contributed by atoms with Gasteiger partial charge in [0.05, 0.1) is 30.1 Å². The Morgan fingerprint density at radius 1 is 1.03 bits per heavy atom. The second-order valence-corrected chi connectivity index (χ2v) is 9.78. The Hall–Kier alpha value is -3.03. The van der Waals surface area contributed by atoms with Crippen LogP contribution in [0.1, 0.15) is 61.9 Å². The van der Waals surface area contributed by atoms with Gasteiger partial charge in [0.15, 0.2) is 0 Å². The Bertz CT molecular complexity index is 1200. The largest absolute Gasteiger partial charge is 0.385 e. The fourth-order valence-electron chi connectivity index (χ4n) is 4.17. The molecule has 1 atom stereocenters. The molecule has 0 saturated carbocycles. The number of nitrogens with zero attached hydrogens (tertiary/aromatic N) is 3. The van der Waals surface area contributed by atoms with Crippen molar-refractivity contribution in [2.45, 2.75) is 52.1 Å². The molecule has 0 radical (unpaired) electrons. The fourth-order valence-corrected chi connectivity index (χ4v) is 4.17. The first kappa shape index (κ1) is 26.6. The number of fused-ring (bicyclic) bond motifs is 1. The molecule has 0 N–H and O–H groups in total. The molecule has 1 heterocycles. The van der Waals surface area contributed by atoms with Gasteiger partial charge in [0.1, 0.15) is 5.82 Å². The van der Waals surface area contributed by atoms with Gasteiger partial charge in [-0.1, -0.05) is 45.0 Å². The monoisotopic (exact) mass is 479 g/mol. The van der Waals surface area contributed by atoms with Crippen molar-refractivity contribution < 1.29 is 14.3 Å². The lowest BCUT2D eigenvalue weighted by molar-refractivity contribution is 0.0653. The van der Waals surface area contributed by atoms with Crippen molar-refractivity contribution in [1.82, 2.24) is 14.5 Å². The molecular weight excluding hydrogens is 442 g/mol. The van der Waals surface area contributed by atoms with Gasteiger partial charge >= 0.3 is 0 Å². The number of hydrogen-bond donors (Lipinski definition) is 0. The lowest BCUT2D eigenvalue weighted by atomic mass is 9.86. The fraction of sp³-hybridized carbons (Fsp3) is 0.464. The Kier molecular flexibility index (Phi) is 8.81. The van der Waals surface area contributed by atoms with Crippen LogP contribution < -0.4 is 5.56 Å². The van der Waals surface area contributed by atoms with E-state index in [9.17, 15) is 9.59 Å². The summed E-state index contributed by atoms with van der Waals surface area (Å²) in [4.78, 5) is 33.7. The molecular formula is C28H37N3O4. The van der Waals surface area contributed by atoms with Gasteiger partial charge in [-0.2, -0.15) is 0 Å². The van der Waals surface area contributed by atoms with Crippen molar-refractivity contribution in [3.05, 3.63) is 75.8 Å². The number of aromatic nitrogens is 2. The van der Waals surface area contributed by atoms with Gasteiger partial charge in [-0.05, 0) is 48.6 Å². The minimum Gasteiger partial charge on any atom is -0.385 e. The molecule has 2 aromatic carbocycles. The van der Waals surface area contributed by atoms with E-state index in [1.165, 1.54) is 0 Å². The van der Waals surface area contributed by atoms with Crippen LogP contribution in [0.15, 0.2) is 53.3 Å². The van der Waals surface area contributed by atoms with Crippen LogP contribution >= 0.6 is 0 Å². The number of carbonyl (C=O) groups is 1. The highest BCUT2D eigenvalue weighted by Gasteiger charge is 2.27. The van der Waals surface area contributed by atoms with Gasteiger partial charge in [-0.25, -0.2) is 4.98 Å². The van der Waals surface area contributed by atoms with Crippen molar-refractivity contribution in [2.75, 3.05) is 34.0 Å². The predicted octanol–water partition coefficient (Wildman–Crippen LogP) is 4.58. The van der Waals surface area contributed by atoms with Crippen LogP contribution in [-0.2, 0) is 21.4 Å². The molecule has 0 aliphatic heterocycles. The SMILES string of the molecule is COCCCN(C(=O)c1ccc(C(C)(C)C)cc1)C(C)c1nc2ccccc2c(=O)n1CCOC. The number of methoxy groups -OCH3 is 2. The molecule has 1 unspecified atom stereocenters. The first-order chi connectivity index (χ1) is 16.7. The van der Waals surface area contributed by atoms with E-state index in [0.29, 0.717) is 55.0 Å². The molecule has 0 bridgehead atoms. The molecule has 188 valence electrons. The van der Waals surface area contributed by atoms with Crippen molar-refractivity contribution in [2.24, 2.45) is 0 Å². The summed E-state index contributed by atoms with van der Waals surface area (Å²) in [7, 11) is 3.25. The zero-order chi connectivity index (χ0) is 25.6. The summed E-state index contributed by atoms with van der Waals surface area (Å²) in [5.74, 6) is 0.442. The Balaban J connectivity index is 2.05. The maximum absolute atomic E-state index is 13.7. The molecule has 0 saturated heterocycles. The number of amides is 1. The van der Waals surface area contributed by atoms with Crippen LogP contribution in [-0.4, -0.2) is 54.3 Å². The van der Waals surface area contributed by atoms with Gasteiger partial charge in [0.25, 0.3) is 11.5 Å². The van der Waals surface area contributed by atoms with Crippen LogP contribution in [0.5, 0.6) is 0 Å². The van der Waals surface area contributed by atoms with Crippen molar-refractivity contribution >= 4 is 16.8 Å². The highest BCUT2D eigenvalue weighted by molar-refractivity contribution is 5.94. The smallest absolute Gasteiger partial charge is 0.261 e.